The summed E-state index contributed by atoms with van der Waals surface area (Å²) >= 11 is 5.07. The summed E-state index contributed by atoms with van der Waals surface area (Å²) in [6.45, 7) is 3.83. The van der Waals surface area contributed by atoms with Crippen molar-refractivity contribution >= 4 is 34.9 Å². The molecule has 2 rings (SSSR count). The summed E-state index contributed by atoms with van der Waals surface area (Å²) < 4.78 is 5.52. The molecule has 0 spiro atoms. The highest BCUT2D eigenvalue weighted by molar-refractivity contribution is 7.80. The Hall–Kier alpha value is -2.93. The second-order valence-electron chi connectivity index (χ2n) is 5.47. The van der Waals surface area contributed by atoms with E-state index in [0.717, 1.165) is 0 Å². The first kappa shape index (κ1) is 18.4. The van der Waals surface area contributed by atoms with Gasteiger partial charge in [-0.25, -0.2) is 0 Å². The van der Waals surface area contributed by atoms with Crippen LogP contribution in [0.2, 0.25) is 0 Å². The van der Waals surface area contributed by atoms with Gasteiger partial charge in [-0.2, -0.15) is 0 Å². The number of carboxylic acid groups (broad SMARTS) is 1. The summed E-state index contributed by atoms with van der Waals surface area (Å²) in [6, 6.07) is 12.6. The minimum absolute atomic E-state index is 0.0138. The molecule has 0 radical (unpaired) electrons. The maximum Gasteiger partial charge on any atom is 0.257 e. The molecule has 0 aliphatic rings. The van der Waals surface area contributed by atoms with Gasteiger partial charge in [0.1, 0.15) is 5.75 Å². The molecule has 2 N–H and O–H groups in total. The molecule has 25 heavy (non-hydrogen) atoms. The number of carbonyl (C=O) groups is 2. The van der Waals surface area contributed by atoms with E-state index in [0.29, 0.717) is 17.0 Å². The predicted octanol–water partition coefficient (Wildman–Crippen LogP) is 1.96. The molecule has 0 heterocycles. The Kier molecular flexibility index (Phi) is 6.08. The number of rotatable bonds is 5. The molecule has 6 nitrogen and oxygen atoms in total. The van der Waals surface area contributed by atoms with E-state index >= 15 is 0 Å². The molecule has 130 valence electrons. The predicted molar refractivity (Wildman–Crippen MR) is 96.7 cm³/mol. The highest BCUT2D eigenvalue weighted by Gasteiger charge is 2.09. The van der Waals surface area contributed by atoms with Crippen molar-refractivity contribution in [3.8, 4) is 5.75 Å². The van der Waals surface area contributed by atoms with Gasteiger partial charge < -0.3 is 20.0 Å². The number of anilines is 1. The van der Waals surface area contributed by atoms with Crippen molar-refractivity contribution in [2.45, 2.75) is 20.0 Å². The number of hydrogen-bond donors (Lipinski definition) is 2. The molecule has 2 aromatic carbocycles. The molecule has 0 atom stereocenters. The molecule has 0 fully saturated rings. The van der Waals surface area contributed by atoms with Crippen LogP contribution in [-0.2, 0) is 0 Å². The number of ether oxygens (including phenoxy) is 1. The summed E-state index contributed by atoms with van der Waals surface area (Å²) in [5.41, 5.74) is 0.872. The van der Waals surface area contributed by atoms with Crippen LogP contribution in [0.15, 0.2) is 48.5 Å². The van der Waals surface area contributed by atoms with Crippen LogP contribution in [0.4, 0.5) is 5.69 Å². The number of aromatic carboxylic acids is 1. The molecular formula is C18H17N2O4S-. The monoisotopic (exact) mass is 357 g/mol. The zero-order valence-electron chi connectivity index (χ0n) is 13.7. The van der Waals surface area contributed by atoms with Gasteiger partial charge in [-0.05, 0) is 68.0 Å². The first-order valence-electron chi connectivity index (χ1n) is 7.55. The van der Waals surface area contributed by atoms with E-state index in [9.17, 15) is 14.7 Å². The molecule has 0 aliphatic carbocycles. The maximum atomic E-state index is 12.2. The van der Waals surface area contributed by atoms with Gasteiger partial charge in [0.05, 0.1) is 12.1 Å². The van der Waals surface area contributed by atoms with Gasteiger partial charge in [-0.1, -0.05) is 12.1 Å². The Bertz CT molecular complexity index is 788. The fourth-order valence-corrected chi connectivity index (χ4v) is 2.23. The molecule has 0 aromatic heterocycles. The lowest BCUT2D eigenvalue weighted by Gasteiger charge is -2.12. The van der Waals surface area contributed by atoms with Crippen LogP contribution >= 0.6 is 12.2 Å². The van der Waals surface area contributed by atoms with E-state index in [1.807, 2.05) is 13.8 Å². The molecule has 0 aliphatic heterocycles. The molecule has 7 heteroatoms. The number of amides is 1. The van der Waals surface area contributed by atoms with Gasteiger partial charge in [0.15, 0.2) is 5.11 Å². The van der Waals surface area contributed by atoms with Crippen molar-refractivity contribution in [3.05, 3.63) is 59.7 Å². The summed E-state index contributed by atoms with van der Waals surface area (Å²) in [4.78, 5) is 23.0. The normalized spacial score (nSPS) is 10.2. The van der Waals surface area contributed by atoms with Crippen molar-refractivity contribution in [2.75, 3.05) is 5.32 Å². The lowest BCUT2D eigenvalue weighted by molar-refractivity contribution is -0.255. The van der Waals surface area contributed by atoms with E-state index in [4.69, 9.17) is 17.0 Å². The minimum atomic E-state index is -1.29. The van der Waals surface area contributed by atoms with Gasteiger partial charge in [-0.15, -0.1) is 0 Å². The average molecular weight is 357 g/mol. The van der Waals surface area contributed by atoms with Crippen molar-refractivity contribution < 1.29 is 19.4 Å². The van der Waals surface area contributed by atoms with Crippen LogP contribution < -0.4 is 20.5 Å². The minimum Gasteiger partial charge on any atom is -0.545 e. The second kappa shape index (κ2) is 8.25. The Morgan fingerprint density at radius 2 is 1.76 bits per heavy atom. The lowest BCUT2D eigenvalue weighted by Crippen LogP contribution is -2.34. The Morgan fingerprint density at radius 3 is 2.36 bits per heavy atom. The van der Waals surface area contributed by atoms with Gasteiger partial charge >= 0.3 is 0 Å². The van der Waals surface area contributed by atoms with Crippen molar-refractivity contribution in [1.29, 1.82) is 0 Å². The summed E-state index contributed by atoms with van der Waals surface area (Å²) in [7, 11) is 0. The smallest absolute Gasteiger partial charge is 0.257 e. The Labute approximate surface area is 150 Å². The molecular weight excluding hydrogens is 340 g/mol. The van der Waals surface area contributed by atoms with E-state index in [1.165, 1.54) is 12.1 Å². The first-order chi connectivity index (χ1) is 11.8. The first-order valence-corrected chi connectivity index (χ1v) is 7.96. The number of thiocarbonyl (C=S) groups is 1. The van der Waals surface area contributed by atoms with Crippen LogP contribution in [0.3, 0.4) is 0 Å². The standard InChI is InChI=1S/C18H18N2O4S/c1-11(2)24-15-8-6-12(7-9-15)16(21)20-18(25)19-14-5-3-4-13(10-14)17(22)23/h3-11H,1-2H3,(H,22,23)(H2,19,20,21,25)/p-1. The Morgan fingerprint density at radius 1 is 1.08 bits per heavy atom. The van der Waals surface area contributed by atoms with Crippen molar-refractivity contribution in [2.24, 2.45) is 0 Å². The molecule has 0 saturated heterocycles. The van der Waals surface area contributed by atoms with Crippen molar-refractivity contribution in [3.63, 3.8) is 0 Å². The lowest BCUT2D eigenvalue weighted by atomic mass is 10.2. The summed E-state index contributed by atoms with van der Waals surface area (Å²) in [5.74, 6) is -1.00. The highest BCUT2D eigenvalue weighted by Crippen LogP contribution is 2.14. The van der Waals surface area contributed by atoms with Crippen molar-refractivity contribution in [1.82, 2.24) is 5.32 Å². The van der Waals surface area contributed by atoms with Crippen LogP contribution in [0.25, 0.3) is 0 Å². The fraction of sp³-hybridized carbons (Fsp3) is 0.167. The van der Waals surface area contributed by atoms with Crippen LogP contribution in [0.5, 0.6) is 5.75 Å². The highest BCUT2D eigenvalue weighted by atomic mass is 32.1. The molecule has 1 amide bonds. The fourth-order valence-electron chi connectivity index (χ4n) is 2.02. The zero-order chi connectivity index (χ0) is 18.4. The largest absolute Gasteiger partial charge is 0.545 e. The van der Waals surface area contributed by atoms with E-state index in [1.54, 1.807) is 36.4 Å². The second-order valence-corrected chi connectivity index (χ2v) is 5.88. The summed E-state index contributed by atoms with van der Waals surface area (Å²) in [6.07, 6.45) is 0.0493. The molecule has 2 aromatic rings. The topological polar surface area (TPSA) is 90.5 Å². The SMILES string of the molecule is CC(C)Oc1ccc(C(=O)NC(=S)Nc2cccc(C(=O)[O-])c2)cc1. The zero-order valence-corrected chi connectivity index (χ0v) is 14.6. The third-order valence-corrected chi connectivity index (χ3v) is 3.28. The van der Waals surface area contributed by atoms with Gasteiger partial charge in [0, 0.05) is 11.3 Å². The average Bonchev–Trinajstić information content (AvgIpc) is 2.55. The molecule has 0 bridgehead atoms. The third kappa shape index (κ3) is 5.58. The molecule has 0 saturated carbocycles. The van der Waals surface area contributed by atoms with Gasteiger partial charge in [-0.3, -0.25) is 10.1 Å². The quantitative estimate of drug-likeness (QED) is 0.795. The van der Waals surface area contributed by atoms with Gasteiger partial charge in [0.25, 0.3) is 5.91 Å². The maximum absolute atomic E-state index is 12.2. The van der Waals surface area contributed by atoms with E-state index in [2.05, 4.69) is 10.6 Å². The molecule has 0 unspecified atom stereocenters. The van der Waals surface area contributed by atoms with Crippen LogP contribution in [0.1, 0.15) is 34.6 Å². The number of hydrogen-bond acceptors (Lipinski definition) is 5. The number of carboxylic acids is 1. The third-order valence-electron chi connectivity index (χ3n) is 3.07. The number of benzene rings is 2. The van der Waals surface area contributed by atoms with Crippen LogP contribution in [0, 0.1) is 0 Å². The van der Waals surface area contributed by atoms with E-state index < -0.39 is 5.97 Å². The Balaban J connectivity index is 1.97. The van der Waals surface area contributed by atoms with E-state index in [-0.39, 0.29) is 22.7 Å². The van der Waals surface area contributed by atoms with Gasteiger partial charge in [0.2, 0.25) is 0 Å². The number of carbonyl (C=O) groups excluding carboxylic acids is 2. The summed E-state index contributed by atoms with van der Waals surface area (Å²) in [5, 5.41) is 16.2. The van der Waals surface area contributed by atoms with Crippen LogP contribution in [-0.4, -0.2) is 23.1 Å². The number of nitrogens with one attached hydrogen (secondary N) is 2.